The van der Waals surface area contributed by atoms with Gasteiger partial charge in [-0.15, -0.1) is 0 Å². The van der Waals surface area contributed by atoms with Gasteiger partial charge in [0.2, 0.25) is 0 Å². The molecule has 98 valence electrons. The van der Waals surface area contributed by atoms with Gasteiger partial charge in [-0.05, 0) is 25.5 Å². The number of amides is 2. The van der Waals surface area contributed by atoms with Crippen LogP contribution >= 0.6 is 0 Å². The molecule has 0 spiro atoms. The van der Waals surface area contributed by atoms with Crippen molar-refractivity contribution in [2.75, 3.05) is 12.4 Å². The Bertz CT molecular complexity index is 431. The van der Waals surface area contributed by atoms with Gasteiger partial charge in [0.1, 0.15) is 0 Å². The molecule has 1 aromatic carbocycles. The maximum absolute atomic E-state index is 11.8. The van der Waals surface area contributed by atoms with Gasteiger partial charge in [-0.25, -0.2) is 4.79 Å². The van der Waals surface area contributed by atoms with E-state index in [4.69, 9.17) is 0 Å². The molecule has 0 aliphatic heterocycles. The van der Waals surface area contributed by atoms with Crippen molar-refractivity contribution in [3.8, 4) is 0 Å². The van der Waals surface area contributed by atoms with Crippen molar-refractivity contribution < 1.29 is 9.72 Å². The van der Waals surface area contributed by atoms with Gasteiger partial charge in [0.15, 0.2) is 0 Å². The lowest BCUT2D eigenvalue weighted by Gasteiger charge is -2.24. The summed E-state index contributed by atoms with van der Waals surface area (Å²) in [5, 5.41) is 13.2. The smallest absolute Gasteiger partial charge is 0.321 e. The molecule has 18 heavy (non-hydrogen) atoms. The Balaban J connectivity index is 2.67. The van der Waals surface area contributed by atoms with E-state index in [1.807, 2.05) is 13.8 Å². The number of anilines is 1. The molecule has 6 heteroatoms. The number of nitro benzene ring substituents is 1. The summed E-state index contributed by atoms with van der Waals surface area (Å²) in [6.07, 6.45) is 0.865. The molecule has 0 aliphatic carbocycles. The Morgan fingerprint density at radius 1 is 1.44 bits per heavy atom. The second kappa shape index (κ2) is 6.00. The van der Waals surface area contributed by atoms with Crippen LogP contribution in [0.1, 0.15) is 20.3 Å². The van der Waals surface area contributed by atoms with Crippen LogP contribution in [0.4, 0.5) is 16.2 Å². The second-order valence-electron chi connectivity index (χ2n) is 4.10. The number of nitro groups is 1. The predicted molar refractivity (Wildman–Crippen MR) is 69.6 cm³/mol. The first-order chi connectivity index (χ1) is 8.45. The summed E-state index contributed by atoms with van der Waals surface area (Å²) in [6.45, 7) is 3.95. The molecule has 0 heterocycles. The lowest BCUT2D eigenvalue weighted by molar-refractivity contribution is -0.384. The minimum Gasteiger partial charge on any atom is -0.325 e. The van der Waals surface area contributed by atoms with Gasteiger partial charge in [0.05, 0.1) is 4.92 Å². The lowest BCUT2D eigenvalue weighted by Crippen LogP contribution is -2.37. The first kappa shape index (κ1) is 14.0. The van der Waals surface area contributed by atoms with Crippen molar-refractivity contribution in [1.29, 1.82) is 0 Å². The van der Waals surface area contributed by atoms with Crippen molar-refractivity contribution >= 4 is 17.4 Å². The molecule has 1 unspecified atom stereocenters. The number of carbonyl (C=O) groups excluding carboxylic acids is 1. The molecular weight excluding hydrogens is 234 g/mol. The van der Waals surface area contributed by atoms with Crippen molar-refractivity contribution in [3.63, 3.8) is 0 Å². The average Bonchev–Trinajstić information content (AvgIpc) is 2.37. The van der Waals surface area contributed by atoms with Gasteiger partial charge in [0, 0.05) is 30.9 Å². The number of hydrogen-bond acceptors (Lipinski definition) is 3. The third-order valence-corrected chi connectivity index (χ3v) is 2.90. The quantitative estimate of drug-likeness (QED) is 0.660. The van der Waals surface area contributed by atoms with Crippen LogP contribution in [0, 0.1) is 10.1 Å². The fourth-order valence-electron chi connectivity index (χ4n) is 1.35. The highest BCUT2D eigenvalue weighted by Crippen LogP contribution is 2.16. The molecular formula is C12H17N3O3. The normalized spacial score (nSPS) is 11.7. The van der Waals surface area contributed by atoms with Crippen LogP contribution in [-0.2, 0) is 0 Å². The largest absolute Gasteiger partial charge is 0.325 e. The number of carbonyl (C=O) groups is 1. The Morgan fingerprint density at radius 3 is 2.44 bits per heavy atom. The monoisotopic (exact) mass is 251 g/mol. The average molecular weight is 251 g/mol. The SMILES string of the molecule is CCC(C)N(C)C(=O)Nc1ccc([N+](=O)[O-])cc1. The van der Waals surface area contributed by atoms with Gasteiger partial charge >= 0.3 is 6.03 Å². The lowest BCUT2D eigenvalue weighted by atomic mass is 10.2. The first-order valence-corrected chi connectivity index (χ1v) is 5.74. The van der Waals surface area contributed by atoms with E-state index in [0.717, 1.165) is 6.42 Å². The van der Waals surface area contributed by atoms with Crippen molar-refractivity contribution in [2.24, 2.45) is 0 Å². The van der Waals surface area contributed by atoms with Crippen LogP contribution in [0.25, 0.3) is 0 Å². The molecule has 0 aromatic heterocycles. The molecule has 6 nitrogen and oxygen atoms in total. The highest BCUT2D eigenvalue weighted by molar-refractivity contribution is 5.89. The Labute approximate surface area is 106 Å². The number of rotatable bonds is 4. The van der Waals surface area contributed by atoms with Crippen LogP contribution in [0.2, 0.25) is 0 Å². The molecule has 0 radical (unpaired) electrons. The maximum atomic E-state index is 11.8. The fraction of sp³-hybridized carbons (Fsp3) is 0.417. The van der Waals surface area contributed by atoms with Gasteiger partial charge < -0.3 is 10.2 Å². The topological polar surface area (TPSA) is 75.5 Å². The molecule has 0 saturated heterocycles. The van der Waals surface area contributed by atoms with E-state index in [0.29, 0.717) is 5.69 Å². The van der Waals surface area contributed by atoms with E-state index in [1.165, 1.54) is 24.3 Å². The van der Waals surface area contributed by atoms with Crippen molar-refractivity contribution in [2.45, 2.75) is 26.3 Å². The highest BCUT2D eigenvalue weighted by Gasteiger charge is 2.14. The Hall–Kier alpha value is -2.11. The summed E-state index contributed by atoms with van der Waals surface area (Å²) < 4.78 is 0. The van der Waals surface area contributed by atoms with Crippen molar-refractivity contribution in [3.05, 3.63) is 34.4 Å². The zero-order valence-corrected chi connectivity index (χ0v) is 10.7. The van der Waals surface area contributed by atoms with E-state index in [1.54, 1.807) is 11.9 Å². The predicted octanol–water partition coefficient (Wildman–Crippen LogP) is 2.86. The molecule has 2 amide bonds. The molecule has 0 fully saturated rings. The minimum atomic E-state index is -0.475. The molecule has 0 saturated carbocycles. The molecule has 0 aliphatic rings. The summed E-state index contributed by atoms with van der Waals surface area (Å²) >= 11 is 0. The number of nitrogens with zero attached hydrogens (tertiary/aromatic N) is 2. The molecule has 1 aromatic rings. The number of non-ortho nitro benzene ring substituents is 1. The first-order valence-electron chi connectivity index (χ1n) is 5.74. The summed E-state index contributed by atoms with van der Waals surface area (Å²) in [5.41, 5.74) is 0.545. The van der Waals surface area contributed by atoms with Crippen LogP contribution in [0.3, 0.4) is 0 Å². The molecule has 1 rings (SSSR count). The van der Waals surface area contributed by atoms with E-state index < -0.39 is 4.92 Å². The van der Waals surface area contributed by atoms with Crippen LogP contribution < -0.4 is 5.32 Å². The Morgan fingerprint density at radius 2 is 2.00 bits per heavy atom. The standard InChI is InChI=1S/C12H17N3O3/c1-4-9(2)14(3)12(16)13-10-5-7-11(8-6-10)15(17)18/h5-9H,4H2,1-3H3,(H,13,16). The summed E-state index contributed by atoms with van der Waals surface area (Å²) in [5.74, 6) is 0. The van der Waals surface area contributed by atoms with Gasteiger partial charge in [-0.1, -0.05) is 6.92 Å². The minimum absolute atomic E-state index is 0.00304. The van der Waals surface area contributed by atoms with Gasteiger partial charge in [-0.2, -0.15) is 0 Å². The zero-order valence-electron chi connectivity index (χ0n) is 10.7. The Kier molecular flexibility index (Phi) is 4.65. The molecule has 0 bridgehead atoms. The summed E-state index contributed by atoms with van der Waals surface area (Å²) in [7, 11) is 1.72. The third kappa shape index (κ3) is 3.44. The number of nitrogens with one attached hydrogen (secondary N) is 1. The van der Waals surface area contributed by atoms with E-state index >= 15 is 0 Å². The van der Waals surface area contributed by atoms with Crippen LogP contribution in [-0.4, -0.2) is 28.9 Å². The zero-order chi connectivity index (χ0) is 13.7. The van der Waals surface area contributed by atoms with Gasteiger partial charge in [-0.3, -0.25) is 10.1 Å². The van der Waals surface area contributed by atoms with Crippen molar-refractivity contribution in [1.82, 2.24) is 4.90 Å². The van der Waals surface area contributed by atoms with Crippen LogP contribution in [0.5, 0.6) is 0 Å². The van der Waals surface area contributed by atoms with E-state index in [-0.39, 0.29) is 17.8 Å². The molecule has 1 atom stereocenters. The number of benzene rings is 1. The third-order valence-electron chi connectivity index (χ3n) is 2.90. The van der Waals surface area contributed by atoms with E-state index in [2.05, 4.69) is 5.32 Å². The summed E-state index contributed by atoms with van der Waals surface area (Å²) in [6, 6.07) is 5.67. The molecule has 1 N–H and O–H groups in total. The van der Waals surface area contributed by atoms with Crippen LogP contribution in [0.15, 0.2) is 24.3 Å². The van der Waals surface area contributed by atoms with Gasteiger partial charge in [0.25, 0.3) is 5.69 Å². The number of hydrogen-bond donors (Lipinski definition) is 1. The van der Waals surface area contributed by atoms with E-state index in [9.17, 15) is 14.9 Å². The highest BCUT2D eigenvalue weighted by atomic mass is 16.6. The maximum Gasteiger partial charge on any atom is 0.321 e. The second-order valence-corrected chi connectivity index (χ2v) is 4.10. The number of urea groups is 1. The summed E-state index contributed by atoms with van der Waals surface area (Å²) in [4.78, 5) is 23.4. The fourth-order valence-corrected chi connectivity index (χ4v) is 1.35.